The van der Waals surface area contributed by atoms with Crippen molar-refractivity contribution in [3.63, 3.8) is 0 Å². The number of rotatable bonds is 4. The van der Waals surface area contributed by atoms with E-state index in [9.17, 15) is 4.79 Å². The van der Waals surface area contributed by atoms with Gasteiger partial charge >= 0.3 is 0 Å². The number of benzene rings is 1. The fourth-order valence-electron chi connectivity index (χ4n) is 1.96. The molecule has 0 saturated carbocycles. The molecule has 2 aromatic rings. The topological polar surface area (TPSA) is 55.0 Å². The monoisotopic (exact) mass is 244 g/mol. The van der Waals surface area contributed by atoms with Gasteiger partial charge in [-0.25, -0.2) is 4.98 Å². The molecule has 1 heterocycles. The van der Waals surface area contributed by atoms with Gasteiger partial charge in [-0.15, -0.1) is 0 Å². The Kier molecular flexibility index (Phi) is 3.46. The summed E-state index contributed by atoms with van der Waals surface area (Å²) in [5, 5.41) is 0. The first kappa shape index (κ1) is 12.4. The predicted octanol–water partition coefficient (Wildman–Crippen LogP) is 3.02. The smallest absolute Gasteiger partial charge is 0.168 e. The zero-order chi connectivity index (χ0) is 13.1. The minimum Gasteiger partial charge on any atom is -0.496 e. The van der Waals surface area contributed by atoms with Gasteiger partial charge in [-0.2, -0.15) is 0 Å². The van der Waals surface area contributed by atoms with Crippen LogP contribution in [0.5, 0.6) is 5.75 Å². The number of carbonyl (C=O) groups excluding carboxylic acids is 1. The van der Waals surface area contributed by atoms with Gasteiger partial charge in [0.2, 0.25) is 0 Å². The molecule has 0 fully saturated rings. The minimum atomic E-state index is 0.346. The molecule has 0 saturated heterocycles. The fourth-order valence-corrected chi connectivity index (χ4v) is 1.96. The summed E-state index contributed by atoms with van der Waals surface area (Å²) in [4.78, 5) is 17.9. The Labute approximate surface area is 106 Å². The molecule has 1 N–H and O–H groups in total. The standard InChI is InChI=1S/C14H16N2O2/c1-9(2)11-6-10(4-5-13(11)18-3)14-12(7-17)15-8-16-14/h4-9H,1-3H3,(H,15,16). The van der Waals surface area contributed by atoms with Crippen molar-refractivity contribution in [2.75, 3.05) is 7.11 Å². The van der Waals surface area contributed by atoms with Crippen LogP contribution < -0.4 is 4.74 Å². The van der Waals surface area contributed by atoms with Crippen molar-refractivity contribution >= 4 is 6.29 Å². The number of aldehydes is 1. The number of hydrogen-bond donors (Lipinski definition) is 1. The molecule has 0 aliphatic carbocycles. The second-order valence-corrected chi connectivity index (χ2v) is 4.39. The summed E-state index contributed by atoms with van der Waals surface area (Å²) < 4.78 is 5.34. The van der Waals surface area contributed by atoms with Crippen LogP contribution in [0.25, 0.3) is 11.3 Å². The van der Waals surface area contributed by atoms with E-state index in [2.05, 4.69) is 23.8 Å². The van der Waals surface area contributed by atoms with Gasteiger partial charge in [0, 0.05) is 5.56 Å². The number of methoxy groups -OCH3 is 1. The van der Waals surface area contributed by atoms with E-state index in [0.717, 1.165) is 23.2 Å². The third kappa shape index (κ3) is 2.14. The van der Waals surface area contributed by atoms with Crippen LogP contribution in [0.15, 0.2) is 24.5 Å². The molecule has 18 heavy (non-hydrogen) atoms. The molecule has 0 aliphatic rings. The summed E-state index contributed by atoms with van der Waals surface area (Å²) in [7, 11) is 1.66. The van der Waals surface area contributed by atoms with E-state index in [4.69, 9.17) is 4.74 Å². The van der Waals surface area contributed by atoms with Crippen molar-refractivity contribution in [2.24, 2.45) is 0 Å². The van der Waals surface area contributed by atoms with E-state index in [1.807, 2.05) is 18.2 Å². The molecule has 0 amide bonds. The molecule has 1 aromatic heterocycles. The minimum absolute atomic E-state index is 0.346. The zero-order valence-corrected chi connectivity index (χ0v) is 10.7. The number of nitrogens with one attached hydrogen (secondary N) is 1. The Morgan fingerprint density at radius 3 is 2.78 bits per heavy atom. The van der Waals surface area contributed by atoms with Crippen LogP contribution in [0.1, 0.15) is 35.8 Å². The van der Waals surface area contributed by atoms with Crippen molar-refractivity contribution in [2.45, 2.75) is 19.8 Å². The first-order chi connectivity index (χ1) is 8.67. The maximum Gasteiger partial charge on any atom is 0.168 e. The molecule has 0 radical (unpaired) electrons. The third-order valence-corrected chi connectivity index (χ3v) is 2.91. The Morgan fingerprint density at radius 1 is 1.39 bits per heavy atom. The van der Waals surface area contributed by atoms with Crippen molar-refractivity contribution in [3.8, 4) is 17.0 Å². The van der Waals surface area contributed by atoms with E-state index in [-0.39, 0.29) is 0 Å². The zero-order valence-electron chi connectivity index (χ0n) is 10.7. The van der Waals surface area contributed by atoms with Crippen LogP contribution in [-0.4, -0.2) is 23.4 Å². The number of nitrogens with zero attached hydrogens (tertiary/aromatic N) is 1. The Morgan fingerprint density at radius 2 is 2.17 bits per heavy atom. The van der Waals surface area contributed by atoms with E-state index in [1.54, 1.807) is 7.11 Å². The summed E-state index contributed by atoms with van der Waals surface area (Å²) in [6.07, 6.45) is 2.31. The molecule has 2 rings (SSSR count). The maximum absolute atomic E-state index is 10.9. The van der Waals surface area contributed by atoms with Crippen LogP contribution in [0.2, 0.25) is 0 Å². The summed E-state index contributed by atoms with van der Waals surface area (Å²) in [6.45, 7) is 4.21. The van der Waals surface area contributed by atoms with E-state index >= 15 is 0 Å². The first-order valence-corrected chi connectivity index (χ1v) is 5.84. The molecule has 0 bridgehead atoms. The second-order valence-electron chi connectivity index (χ2n) is 4.39. The molecule has 0 aliphatic heterocycles. The third-order valence-electron chi connectivity index (χ3n) is 2.91. The van der Waals surface area contributed by atoms with Gasteiger partial charge in [0.25, 0.3) is 0 Å². The van der Waals surface area contributed by atoms with Crippen LogP contribution in [-0.2, 0) is 0 Å². The van der Waals surface area contributed by atoms with Crippen molar-refractivity contribution in [3.05, 3.63) is 35.8 Å². The molecule has 0 spiro atoms. The number of aromatic amines is 1. The largest absolute Gasteiger partial charge is 0.496 e. The van der Waals surface area contributed by atoms with Gasteiger partial charge in [-0.05, 0) is 29.7 Å². The lowest BCUT2D eigenvalue weighted by molar-refractivity contribution is 0.112. The van der Waals surface area contributed by atoms with Gasteiger partial charge in [0.1, 0.15) is 11.4 Å². The lowest BCUT2D eigenvalue weighted by Gasteiger charge is -2.13. The lowest BCUT2D eigenvalue weighted by atomic mass is 9.98. The molecule has 4 nitrogen and oxygen atoms in total. The first-order valence-electron chi connectivity index (χ1n) is 5.84. The van der Waals surface area contributed by atoms with Crippen LogP contribution >= 0.6 is 0 Å². The Hall–Kier alpha value is -2.10. The number of imidazole rings is 1. The molecule has 94 valence electrons. The highest BCUT2D eigenvalue weighted by Gasteiger charge is 2.12. The highest BCUT2D eigenvalue weighted by atomic mass is 16.5. The molecular formula is C14H16N2O2. The fraction of sp³-hybridized carbons (Fsp3) is 0.286. The number of carbonyl (C=O) groups is 1. The van der Waals surface area contributed by atoms with Gasteiger partial charge in [-0.3, -0.25) is 4.79 Å². The number of ether oxygens (including phenoxy) is 1. The molecule has 0 unspecified atom stereocenters. The predicted molar refractivity (Wildman–Crippen MR) is 70.1 cm³/mol. The summed E-state index contributed by atoms with van der Waals surface area (Å²) in [5.74, 6) is 1.20. The van der Waals surface area contributed by atoms with Crippen LogP contribution in [0.3, 0.4) is 0 Å². The molecule has 4 heteroatoms. The maximum atomic E-state index is 10.9. The summed E-state index contributed by atoms with van der Waals surface area (Å²) >= 11 is 0. The highest BCUT2D eigenvalue weighted by Crippen LogP contribution is 2.31. The van der Waals surface area contributed by atoms with Crippen LogP contribution in [0.4, 0.5) is 0 Å². The van der Waals surface area contributed by atoms with Gasteiger partial charge in [-0.1, -0.05) is 13.8 Å². The number of aromatic nitrogens is 2. The average molecular weight is 244 g/mol. The SMILES string of the molecule is COc1ccc(-c2nc[nH]c2C=O)cc1C(C)C. The highest BCUT2D eigenvalue weighted by molar-refractivity contribution is 5.83. The molecular weight excluding hydrogens is 228 g/mol. The quantitative estimate of drug-likeness (QED) is 0.841. The van der Waals surface area contributed by atoms with Gasteiger partial charge in [0.15, 0.2) is 6.29 Å². The Balaban J connectivity index is 2.53. The van der Waals surface area contributed by atoms with Gasteiger partial charge in [0.05, 0.1) is 19.1 Å². The lowest BCUT2D eigenvalue weighted by Crippen LogP contribution is -1.95. The molecule has 1 aromatic carbocycles. The molecule has 0 atom stereocenters. The number of hydrogen-bond acceptors (Lipinski definition) is 3. The van der Waals surface area contributed by atoms with Crippen molar-refractivity contribution in [1.29, 1.82) is 0 Å². The summed E-state index contributed by atoms with van der Waals surface area (Å²) in [6, 6.07) is 5.84. The van der Waals surface area contributed by atoms with Crippen LogP contribution in [0, 0.1) is 0 Å². The van der Waals surface area contributed by atoms with Gasteiger partial charge < -0.3 is 9.72 Å². The summed E-state index contributed by atoms with van der Waals surface area (Å²) in [5.41, 5.74) is 3.20. The van der Waals surface area contributed by atoms with Crippen molar-refractivity contribution < 1.29 is 9.53 Å². The van der Waals surface area contributed by atoms with E-state index in [1.165, 1.54) is 6.33 Å². The normalized spacial score (nSPS) is 10.7. The van der Waals surface area contributed by atoms with E-state index in [0.29, 0.717) is 17.3 Å². The van der Waals surface area contributed by atoms with E-state index < -0.39 is 0 Å². The number of H-pyrrole nitrogens is 1. The Bertz CT molecular complexity index is 559. The average Bonchev–Trinajstić information content (AvgIpc) is 2.86. The van der Waals surface area contributed by atoms with Crippen molar-refractivity contribution in [1.82, 2.24) is 9.97 Å². The second kappa shape index (κ2) is 5.04.